The molecule has 0 aliphatic carbocycles. The fourth-order valence-corrected chi connectivity index (χ4v) is 5.70. The molecule has 37 heavy (non-hydrogen) atoms. The Morgan fingerprint density at radius 1 is 0.946 bits per heavy atom. The maximum atomic E-state index is 14.0. The zero-order valence-electron chi connectivity index (χ0n) is 21.1. The standard InChI is InChI=1S/C28H32FN7O/c1-37-23-11-4-3-10-22(23)25-24-26(30)36(21-9-7-8-19(29)18-21)33-27(24)32-28(31-25)35-16-12-20(13-17-35)34-14-5-2-6-15-34/h3-4,7-11,18,20H,2,5-6,12-17,30H2,1H3. The number of halogens is 1. The molecule has 0 atom stereocenters. The third-order valence-corrected chi connectivity index (χ3v) is 7.63. The fourth-order valence-electron chi connectivity index (χ4n) is 5.70. The first-order valence-electron chi connectivity index (χ1n) is 13.1. The summed E-state index contributed by atoms with van der Waals surface area (Å²) in [4.78, 5) is 14.8. The lowest BCUT2D eigenvalue weighted by molar-refractivity contribution is 0.141. The maximum Gasteiger partial charge on any atom is 0.228 e. The highest BCUT2D eigenvalue weighted by Gasteiger charge is 2.28. The molecule has 6 rings (SSSR count). The quantitative estimate of drug-likeness (QED) is 0.425. The molecule has 2 aromatic carbocycles. The van der Waals surface area contributed by atoms with Gasteiger partial charge in [-0.2, -0.15) is 4.98 Å². The Hall–Kier alpha value is -3.72. The minimum absolute atomic E-state index is 0.357. The summed E-state index contributed by atoms with van der Waals surface area (Å²) in [7, 11) is 1.64. The van der Waals surface area contributed by atoms with Crippen LogP contribution in [0.1, 0.15) is 32.1 Å². The van der Waals surface area contributed by atoms with Crippen molar-refractivity contribution in [1.82, 2.24) is 24.6 Å². The number of nitrogens with two attached hydrogens (primary N) is 1. The summed E-state index contributed by atoms with van der Waals surface area (Å²) in [6, 6.07) is 14.6. The van der Waals surface area contributed by atoms with Crippen molar-refractivity contribution < 1.29 is 9.13 Å². The minimum Gasteiger partial charge on any atom is -0.496 e. The summed E-state index contributed by atoms with van der Waals surface area (Å²) in [5, 5.41) is 5.33. The van der Waals surface area contributed by atoms with Gasteiger partial charge in [-0.15, -0.1) is 5.10 Å². The van der Waals surface area contributed by atoms with E-state index in [2.05, 4.69) is 9.80 Å². The highest BCUT2D eigenvalue weighted by atomic mass is 19.1. The molecule has 0 radical (unpaired) electrons. The molecular weight excluding hydrogens is 469 g/mol. The van der Waals surface area contributed by atoms with Gasteiger partial charge in [-0.1, -0.05) is 24.6 Å². The zero-order chi connectivity index (χ0) is 25.4. The SMILES string of the molecule is COc1ccccc1-c1nc(N2CCC(N3CCCCC3)CC2)nc2nn(-c3cccc(F)c3)c(N)c12. The second-order valence-electron chi connectivity index (χ2n) is 9.86. The van der Waals surface area contributed by atoms with Gasteiger partial charge in [0.2, 0.25) is 5.95 Å². The van der Waals surface area contributed by atoms with Gasteiger partial charge in [0.25, 0.3) is 0 Å². The largest absolute Gasteiger partial charge is 0.496 e. The van der Waals surface area contributed by atoms with Gasteiger partial charge in [-0.3, -0.25) is 0 Å². The normalized spacial score (nSPS) is 17.4. The van der Waals surface area contributed by atoms with Gasteiger partial charge in [0.1, 0.15) is 17.4 Å². The number of hydrogen-bond acceptors (Lipinski definition) is 7. The van der Waals surface area contributed by atoms with Crippen molar-refractivity contribution in [2.45, 2.75) is 38.1 Å². The summed E-state index contributed by atoms with van der Waals surface area (Å²) < 4.78 is 21.2. The summed E-state index contributed by atoms with van der Waals surface area (Å²) in [6.45, 7) is 4.19. The van der Waals surface area contributed by atoms with Crippen molar-refractivity contribution >= 4 is 22.8 Å². The zero-order valence-corrected chi connectivity index (χ0v) is 21.1. The highest BCUT2D eigenvalue weighted by molar-refractivity contribution is 6.00. The van der Waals surface area contributed by atoms with Gasteiger partial charge in [0, 0.05) is 24.7 Å². The Balaban J connectivity index is 1.42. The van der Waals surface area contributed by atoms with E-state index < -0.39 is 0 Å². The number of para-hydroxylation sites is 1. The smallest absolute Gasteiger partial charge is 0.228 e. The van der Waals surface area contributed by atoms with E-state index in [1.165, 1.54) is 49.2 Å². The predicted molar refractivity (Wildman–Crippen MR) is 144 cm³/mol. The molecule has 2 fully saturated rings. The molecule has 2 aromatic heterocycles. The Morgan fingerprint density at radius 3 is 2.49 bits per heavy atom. The fraction of sp³-hybridized carbons (Fsp3) is 0.393. The average Bonchev–Trinajstić information content (AvgIpc) is 3.29. The third kappa shape index (κ3) is 4.48. The van der Waals surface area contributed by atoms with Crippen LogP contribution in [0.2, 0.25) is 0 Å². The maximum absolute atomic E-state index is 14.0. The Bertz CT molecular complexity index is 1410. The van der Waals surface area contributed by atoms with Gasteiger partial charge in [-0.05, 0) is 69.1 Å². The van der Waals surface area contributed by atoms with Crippen LogP contribution >= 0.6 is 0 Å². The molecular formula is C28H32FN7O. The third-order valence-electron chi connectivity index (χ3n) is 7.63. The van der Waals surface area contributed by atoms with Crippen molar-refractivity contribution in [3.63, 3.8) is 0 Å². The molecule has 4 heterocycles. The molecule has 2 saturated heterocycles. The van der Waals surface area contributed by atoms with Crippen molar-refractivity contribution in [1.29, 1.82) is 0 Å². The van der Waals surface area contributed by atoms with Gasteiger partial charge in [0.05, 0.1) is 23.9 Å². The van der Waals surface area contributed by atoms with Crippen LogP contribution in [-0.4, -0.2) is 64.0 Å². The van der Waals surface area contributed by atoms with Crippen molar-refractivity contribution in [3.8, 4) is 22.7 Å². The van der Waals surface area contributed by atoms with Crippen molar-refractivity contribution in [2.24, 2.45) is 0 Å². The molecule has 0 bridgehead atoms. The van der Waals surface area contributed by atoms with Crippen LogP contribution in [0.4, 0.5) is 16.2 Å². The molecule has 0 saturated carbocycles. The van der Waals surface area contributed by atoms with E-state index in [1.807, 2.05) is 24.3 Å². The predicted octanol–water partition coefficient (Wildman–Crippen LogP) is 4.67. The van der Waals surface area contributed by atoms with Crippen LogP contribution in [0.3, 0.4) is 0 Å². The molecule has 4 aromatic rings. The van der Waals surface area contributed by atoms with Crippen molar-refractivity contribution in [3.05, 3.63) is 54.3 Å². The minimum atomic E-state index is -0.357. The van der Waals surface area contributed by atoms with Crippen LogP contribution in [0, 0.1) is 5.82 Å². The Kier molecular flexibility index (Phi) is 6.38. The van der Waals surface area contributed by atoms with E-state index in [0.717, 1.165) is 31.5 Å². The second-order valence-corrected chi connectivity index (χ2v) is 9.86. The molecule has 2 N–H and O–H groups in total. The van der Waals surface area contributed by atoms with Crippen LogP contribution in [0.25, 0.3) is 28.0 Å². The number of aromatic nitrogens is 4. The molecule has 192 valence electrons. The van der Waals surface area contributed by atoms with Crippen LogP contribution in [-0.2, 0) is 0 Å². The first-order chi connectivity index (χ1) is 18.1. The van der Waals surface area contributed by atoms with E-state index in [1.54, 1.807) is 19.2 Å². The van der Waals surface area contributed by atoms with Gasteiger partial charge < -0.3 is 20.3 Å². The van der Waals surface area contributed by atoms with Crippen LogP contribution in [0.15, 0.2) is 48.5 Å². The summed E-state index contributed by atoms with van der Waals surface area (Å²) >= 11 is 0. The number of anilines is 2. The highest BCUT2D eigenvalue weighted by Crippen LogP contribution is 2.38. The van der Waals surface area contributed by atoms with E-state index >= 15 is 0 Å². The number of rotatable bonds is 5. The lowest BCUT2D eigenvalue weighted by Crippen LogP contribution is -2.47. The monoisotopic (exact) mass is 501 g/mol. The van der Waals surface area contributed by atoms with Crippen LogP contribution < -0.4 is 15.4 Å². The number of piperidine rings is 2. The van der Waals surface area contributed by atoms with Gasteiger partial charge in [0.15, 0.2) is 5.65 Å². The number of likely N-dealkylation sites (tertiary alicyclic amines) is 1. The molecule has 0 amide bonds. The lowest BCUT2D eigenvalue weighted by atomic mass is 10.00. The number of nitrogen functional groups attached to an aromatic ring is 1. The number of fused-ring (bicyclic) bond motifs is 1. The second kappa shape index (κ2) is 9.97. The van der Waals surface area contributed by atoms with E-state index in [-0.39, 0.29) is 5.82 Å². The lowest BCUT2D eigenvalue weighted by Gasteiger charge is -2.40. The number of nitrogens with zero attached hydrogens (tertiary/aromatic N) is 6. The topological polar surface area (TPSA) is 85.3 Å². The van der Waals surface area contributed by atoms with E-state index in [4.69, 9.17) is 25.5 Å². The Labute approximate surface area is 215 Å². The molecule has 2 aliphatic heterocycles. The molecule has 9 heteroatoms. The first kappa shape index (κ1) is 23.7. The van der Waals surface area contributed by atoms with E-state index in [0.29, 0.717) is 46.0 Å². The summed E-state index contributed by atoms with van der Waals surface area (Å²) in [5.41, 5.74) is 9.10. The van der Waals surface area contributed by atoms with E-state index in [9.17, 15) is 4.39 Å². The van der Waals surface area contributed by atoms with Gasteiger partial charge >= 0.3 is 0 Å². The average molecular weight is 502 g/mol. The van der Waals surface area contributed by atoms with Crippen LogP contribution in [0.5, 0.6) is 5.75 Å². The molecule has 2 aliphatic rings. The molecule has 8 nitrogen and oxygen atoms in total. The number of hydrogen-bond donors (Lipinski definition) is 1. The van der Waals surface area contributed by atoms with Gasteiger partial charge in [-0.25, -0.2) is 14.1 Å². The Morgan fingerprint density at radius 2 is 1.73 bits per heavy atom. The summed E-state index contributed by atoms with van der Waals surface area (Å²) in [5.74, 6) is 1.33. The number of ether oxygens (including phenoxy) is 1. The number of benzene rings is 2. The van der Waals surface area contributed by atoms with Crippen molar-refractivity contribution in [2.75, 3.05) is 43.9 Å². The first-order valence-corrected chi connectivity index (χ1v) is 13.1. The summed E-state index contributed by atoms with van der Waals surface area (Å²) in [6.07, 6.45) is 6.13. The number of methoxy groups -OCH3 is 1. The molecule has 0 spiro atoms. The molecule has 0 unspecified atom stereocenters.